The fraction of sp³-hybridized carbons (Fsp3) is 0.269. The number of morpholine rings is 1. The molecule has 182 valence electrons. The number of pyridine rings is 1. The number of anilines is 1. The van der Waals surface area contributed by atoms with Crippen molar-refractivity contribution in [2.45, 2.75) is 6.61 Å². The number of rotatable bonds is 9. The van der Waals surface area contributed by atoms with E-state index in [4.69, 9.17) is 26.4 Å². The molecule has 1 aromatic heterocycles. The maximum atomic E-state index is 12.5. The molecule has 1 amide bonds. The highest BCUT2D eigenvalue weighted by molar-refractivity contribution is 7.80. The lowest BCUT2D eigenvalue weighted by Crippen LogP contribution is -2.38. The minimum Gasteiger partial charge on any atom is -0.489 e. The van der Waals surface area contributed by atoms with Gasteiger partial charge in [-0.1, -0.05) is 36.4 Å². The van der Waals surface area contributed by atoms with E-state index in [1.54, 1.807) is 12.1 Å². The van der Waals surface area contributed by atoms with Gasteiger partial charge in [-0.25, -0.2) is 4.98 Å². The summed E-state index contributed by atoms with van der Waals surface area (Å²) in [5.41, 5.74) is 2.17. The average molecular weight is 493 g/mol. The second-order valence-corrected chi connectivity index (χ2v) is 8.31. The van der Waals surface area contributed by atoms with E-state index < -0.39 is 0 Å². The Morgan fingerprint density at radius 1 is 1.03 bits per heavy atom. The number of benzene rings is 2. The fourth-order valence-electron chi connectivity index (χ4n) is 3.45. The van der Waals surface area contributed by atoms with E-state index in [0.717, 1.165) is 38.4 Å². The Morgan fingerprint density at radius 2 is 1.86 bits per heavy atom. The predicted octanol–water partition coefficient (Wildman–Crippen LogP) is 3.50. The summed E-state index contributed by atoms with van der Waals surface area (Å²) in [6, 6.07) is 20.7. The van der Waals surface area contributed by atoms with E-state index in [0.29, 0.717) is 36.1 Å². The lowest BCUT2D eigenvalue weighted by Gasteiger charge is -2.26. The molecule has 2 N–H and O–H groups in total. The summed E-state index contributed by atoms with van der Waals surface area (Å²) in [5.74, 6) is 0.815. The summed E-state index contributed by atoms with van der Waals surface area (Å²) >= 11 is 5.30. The Bertz CT molecular complexity index is 1110. The molecule has 0 bridgehead atoms. The molecule has 0 radical (unpaired) electrons. The molecular formula is C26H28N4O4S. The van der Waals surface area contributed by atoms with Gasteiger partial charge in [-0.15, -0.1) is 0 Å². The van der Waals surface area contributed by atoms with Crippen molar-refractivity contribution < 1.29 is 19.0 Å². The van der Waals surface area contributed by atoms with Gasteiger partial charge >= 0.3 is 0 Å². The van der Waals surface area contributed by atoms with Crippen LogP contribution in [0.25, 0.3) is 0 Å². The first-order valence-corrected chi connectivity index (χ1v) is 11.8. The maximum absolute atomic E-state index is 12.5. The van der Waals surface area contributed by atoms with Crippen molar-refractivity contribution >= 4 is 28.9 Å². The van der Waals surface area contributed by atoms with E-state index in [2.05, 4.69) is 20.5 Å². The molecule has 1 fully saturated rings. The van der Waals surface area contributed by atoms with E-state index in [9.17, 15) is 4.79 Å². The first-order chi connectivity index (χ1) is 17.2. The van der Waals surface area contributed by atoms with Crippen molar-refractivity contribution in [3.05, 3.63) is 84.1 Å². The second kappa shape index (κ2) is 12.8. The molecule has 2 aromatic carbocycles. The zero-order valence-corrected chi connectivity index (χ0v) is 20.1. The predicted molar refractivity (Wildman–Crippen MR) is 138 cm³/mol. The van der Waals surface area contributed by atoms with Crippen LogP contribution in [0.1, 0.15) is 15.9 Å². The van der Waals surface area contributed by atoms with Crippen molar-refractivity contribution in [2.24, 2.45) is 0 Å². The molecule has 0 atom stereocenters. The molecule has 2 heterocycles. The fourth-order valence-corrected chi connectivity index (χ4v) is 3.66. The second-order valence-electron chi connectivity index (χ2n) is 7.90. The van der Waals surface area contributed by atoms with E-state index in [1.807, 2.05) is 54.6 Å². The van der Waals surface area contributed by atoms with E-state index in [-0.39, 0.29) is 11.0 Å². The highest BCUT2D eigenvalue weighted by Gasteiger charge is 2.11. The van der Waals surface area contributed by atoms with Gasteiger partial charge in [0.25, 0.3) is 5.91 Å². The van der Waals surface area contributed by atoms with Crippen molar-refractivity contribution in [2.75, 3.05) is 44.8 Å². The lowest BCUT2D eigenvalue weighted by atomic mass is 10.2. The molecule has 0 saturated carbocycles. The zero-order chi connectivity index (χ0) is 24.3. The quantitative estimate of drug-likeness (QED) is 0.439. The molecule has 1 aliphatic heterocycles. The Labute approximate surface area is 210 Å². The van der Waals surface area contributed by atoms with Crippen LogP contribution in [-0.4, -0.2) is 60.4 Å². The number of hydrogen-bond donors (Lipinski definition) is 2. The molecule has 3 aromatic rings. The number of ether oxygens (including phenoxy) is 3. The third-order valence-electron chi connectivity index (χ3n) is 5.33. The summed E-state index contributed by atoms with van der Waals surface area (Å²) in [4.78, 5) is 19.0. The van der Waals surface area contributed by atoms with Crippen LogP contribution in [0, 0.1) is 0 Å². The van der Waals surface area contributed by atoms with Gasteiger partial charge in [0.05, 0.1) is 18.8 Å². The maximum Gasteiger partial charge on any atom is 0.258 e. The molecule has 0 unspecified atom stereocenters. The molecule has 0 aliphatic carbocycles. The summed E-state index contributed by atoms with van der Waals surface area (Å²) in [5, 5.41) is 5.86. The van der Waals surface area contributed by atoms with Crippen LogP contribution < -0.4 is 20.1 Å². The molecule has 1 aliphatic rings. The van der Waals surface area contributed by atoms with Crippen molar-refractivity contribution in [1.82, 2.24) is 15.2 Å². The topological polar surface area (TPSA) is 85.0 Å². The highest BCUT2D eigenvalue weighted by atomic mass is 32.1. The third-order valence-corrected chi connectivity index (χ3v) is 5.53. The molecule has 0 spiro atoms. The van der Waals surface area contributed by atoms with Crippen LogP contribution in [0.2, 0.25) is 0 Å². The Hall–Kier alpha value is -3.53. The van der Waals surface area contributed by atoms with Gasteiger partial charge in [0.15, 0.2) is 5.11 Å². The van der Waals surface area contributed by atoms with Gasteiger partial charge in [0.1, 0.15) is 19.0 Å². The average Bonchev–Trinajstić information content (AvgIpc) is 2.89. The van der Waals surface area contributed by atoms with Crippen molar-refractivity contribution in [3.63, 3.8) is 0 Å². The number of carbonyl (C=O) groups is 1. The molecular weight excluding hydrogens is 464 g/mol. The van der Waals surface area contributed by atoms with Crippen LogP contribution >= 0.6 is 12.2 Å². The minimum atomic E-state index is -0.355. The van der Waals surface area contributed by atoms with Gasteiger partial charge in [0, 0.05) is 43.7 Å². The Morgan fingerprint density at radius 3 is 2.63 bits per heavy atom. The van der Waals surface area contributed by atoms with E-state index >= 15 is 0 Å². The van der Waals surface area contributed by atoms with Gasteiger partial charge in [0.2, 0.25) is 5.88 Å². The molecule has 9 heteroatoms. The number of nitrogens with one attached hydrogen (secondary N) is 2. The zero-order valence-electron chi connectivity index (χ0n) is 19.3. The number of amides is 1. The largest absolute Gasteiger partial charge is 0.489 e. The first-order valence-electron chi connectivity index (χ1n) is 11.4. The number of thiocarbonyl (C=S) groups is 1. The van der Waals surface area contributed by atoms with E-state index in [1.165, 1.54) is 6.20 Å². The number of hydrogen-bond acceptors (Lipinski definition) is 7. The van der Waals surface area contributed by atoms with Gasteiger partial charge in [-0.2, -0.15) is 0 Å². The minimum absolute atomic E-state index is 0.182. The van der Waals surface area contributed by atoms with Crippen LogP contribution in [0.4, 0.5) is 5.69 Å². The number of aromatic nitrogens is 1. The lowest BCUT2D eigenvalue weighted by molar-refractivity contribution is 0.0320. The third kappa shape index (κ3) is 8.03. The standard InChI is InChI=1S/C26H28N4O4S/c31-25(21-9-10-24(27-18-21)33-16-13-30-11-14-32-15-12-30)29-26(35)28-22-7-4-8-23(17-22)34-19-20-5-2-1-3-6-20/h1-10,17-18H,11-16,19H2,(H2,28,29,31,35). The summed E-state index contributed by atoms with van der Waals surface area (Å²) in [6.07, 6.45) is 1.47. The smallest absolute Gasteiger partial charge is 0.258 e. The van der Waals surface area contributed by atoms with Gasteiger partial charge in [-0.3, -0.25) is 15.0 Å². The SMILES string of the molecule is O=C(NC(=S)Nc1cccc(OCc2ccccc2)c1)c1ccc(OCCN2CCOCC2)nc1. The number of nitrogens with zero attached hydrogens (tertiary/aromatic N) is 2. The monoisotopic (exact) mass is 492 g/mol. The van der Waals surface area contributed by atoms with Crippen LogP contribution in [0.3, 0.4) is 0 Å². The molecule has 35 heavy (non-hydrogen) atoms. The van der Waals surface area contributed by atoms with Gasteiger partial charge in [-0.05, 0) is 36.0 Å². The first kappa shape index (κ1) is 24.6. The molecule has 4 rings (SSSR count). The van der Waals surface area contributed by atoms with Crippen LogP contribution in [-0.2, 0) is 11.3 Å². The summed E-state index contributed by atoms with van der Waals surface area (Å²) < 4.78 is 16.9. The Kier molecular flexibility index (Phi) is 8.99. The van der Waals surface area contributed by atoms with Crippen molar-refractivity contribution in [3.8, 4) is 11.6 Å². The summed E-state index contributed by atoms with van der Waals surface area (Å²) in [6.45, 7) is 5.14. The van der Waals surface area contributed by atoms with Crippen molar-refractivity contribution in [1.29, 1.82) is 0 Å². The normalized spacial score (nSPS) is 13.6. The highest BCUT2D eigenvalue weighted by Crippen LogP contribution is 2.19. The molecule has 8 nitrogen and oxygen atoms in total. The Balaban J connectivity index is 1.21. The van der Waals surface area contributed by atoms with Crippen LogP contribution in [0.15, 0.2) is 72.9 Å². The van der Waals surface area contributed by atoms with Crippen LogP contribution in [0.5, 0.6) is 11.6 Å². The summed E-state index contributed by atoms with van der Waals surface area (Å²) in [7, 11) is 0. The van der Waals surface area contributed by atoms with Gasteiger partial charge < -0.3 is 19.5 Å². The molecule has 1 saturated heterocycles. The number of carbonyl (C=O) groups excluding carboxylic acids is 1.